The number of hydrogen-bond donors (Lipinski definition) is 1. The fourth-order valence-electron chi connectivity index (χ4n) is 2.12. The minimum absolute atomic E-state index is 0.236. The Hall–Kier alpha value is -0.980. The second kappa shape index (κ2) is 6.65. The van der Waals surface area contributed by atoms with Crippen molar-refractivity contribution < 1.29 is 4.52 Å². The van der Waals surface area contributed by atoms with Gasteiger partial charge in [-0.1, -0.05) is 35.5 Å². The first-order chi connectivity index (χ1) is 9.83. The molecule has 20 heavy (non-hydrogen) atoms. The van der Waals surface area contributed by atoms with E-state index in [1.54, 1.807) is 0 Å². The van der Waals surface area contributed by atoms with E-state index in [0.717, 1.165) is 23.8 Å². The Balaban J connectivity index is 1.66. The largest absolute Gasteiger partial charge is 0.338 e. The van der Waals surface area contributed by atoms with Crippen LogP contribution in [0.1, 0.15) is 28.6 Å². The molecule has 1 fully saturated rings. The summed E-state index contributed by atoms with van der Waals surface area (Å²) in [6, 6.07) is 9.90. The van der Waals surface area contributed by atoms with Gasteiger partial charge in [0.05, 0.1) is 11.3 Å². The van der Waals surface area contributed by atoms with E-state index in [9.17, 15) is 0 Å². The monoisotopic (exact) mass is 307 g/mol. The second-order valence-corrected chi connectivity index (χ2v) is 7.18. The second-order valence-electron chi connectivity index (χ2n) is 4.72. The van der Waals surface area contributed by atoms with Crippen molar-refractivity contribution in [3.8, 4) is 0 Å². The maximum atomic E-state index is 6.16. The average Bonchev–Trinajstić information content (AvgIpc) is 2.99. The Labute approximate surface area is 126 Å². The molecule has 0 bridgehead atoms. The third kappa shape index (κ3) is 3.37. The van der Waals surface area contributed by atoms with Gasteiger partial charge in [0, 0.05) is 17.3 Å². The van der Waals surface area contributed by atoms with Crippen LogP contribution in [-0.2, 0) is 6.42 Å². The maximum absolute atomic E-state index is 6.16. The molecular formula is C14H17N3OS2. The SMILES string of the molecule is NC(Cc1ccccc1)c1nc(C2CSCCS2)no1. The Morgan fingerprint density at radius 2 is 2.15 bits per heavy atom. The van der Waals surface area contributed by atoms with Gasteiger partial charge in [-0.2, -0.15) is 16.7 Å². The minimum atomic E-state index is -0.236. The number of thioether (sulfide) groups is 2. The third-order valence-corrected chi connectivity index (χ3v) is 5.93. The predicted octanol–water partition coefficient (Wildman–Crippen LogP) is 2.83. The highest BCUT2D eigenvalue weighted by atomic mass is 32.2. The molecule has 1 aromatic carbocycles. The summed E-state index contributed by atoms with van der Waals surface area (Å²) in [5.74, 6) is 4.74. The van der Waals surface area contributed by atoms with Crippen LogP contribution in [0.4, 0.5) is 0 Å². The van der Waals surface area contributed by atoms with Crippen molar-refractivity contribution >= 4 is 23.5 Å². The van der Waals surface area contributed by atoms with Gasteiger partial charge in [-0.25, -0.2) is 0 Å². The summed E-state index contributed by atoms with van der Waals surface area (Å²) in [6.07, 6.45) is 0.717. The van der Waals surface area contributed by atoms with E-state index < -0.39 is 0 Å². The zero-order valence-corrected chi connectivity index (χ0v) is 12.7. The van der Waals surface area contributed by atoms with Crippen LogP contribution in [0.15, 0.2) is 34.9 Å². The van der Waals surface area contributed by atoms with Gasteiger partial charge in [-0.3, -0.25) is 0 Å². The summed E-state index contributed by atoms with van der Waals surface area (Å²) in [4.78, 5) is 4.49. The Morgan fingerprint density at radius 3 is 2.90 bits per heavy atom. The van der Waals surface area contributed by atoms with Crippen molar-refractivity contribution in [2.75, 3.05) is 17.3 Å². The first kappa shape index (κ1) is 14.0. The molecule has 2 aromatic rings. The molecule has 2 atom stereocenters. The average molecular weight is 307 g/mol. The molecule has 1 aromatic heterocycles. The van der Waals surface area contributed by atoms with Crippen LogP contribution in [0.2, 0.25) is 0 Å². The summed E-state index contributed by atoms with van der Waals surface area (Å²) in [7, 11) is 0. The Bertz CT molecular complexity index is 540. The standard InChI is InChI=1S/C14H17N3OS2/c15-11(8-10-4-2-1-3-5-10)14-16-13(17-18-14)12-9-19-6-7-20-12/h1-5,11-12H,6-9,15H2. The fourth-order valence-corrected chi connectivity index (χ4v) is 4.71. The summed E-state index contributed by atoms with van der Waals surface area (Å²) in [6.45, 7) is 0. The molecule has 0 saturated carbocycles. The zero-order chi connectivity index (χ0) is 13.8. The van der Waals surface area contributed by atoms with Crippen molar-refractivity contribution in [2.45, 2.75) is 17.7 Å². The van der Waals surface area contributed by atoms with E-state index in [4.69, 9.17) is 10.3 Å². The van der Waals surface area contributed by atoms with Gasteiger partial charge in [-0.05, 0) is 12.0 Å². The Kier molecular flexibility index (Phi) is 4.65. The lowest BCUT2D eigenvalue weighted by molar-refractivity contribution is 0.350. The molecule has 1 saturated heterocycles. The molecule has 0 aliphatic carbocycles. The van der Waals surface area contributed by atoms with Crippen LogP contribution in [0.3, 0.4) is 0 Å². The number of aromatic nitrogens is 2. The molecule has 2 heterocycles. The lowest BCUT2D eigenvalue weighted by Gasteiger charge is -2.17. The number of hydrogen-bond acceptors (Lipinski definition) is 6. The first-order valence-electron chi connectivity index (χ1n) is 6.65. The van der Waals surface area contributed by atoms with E-state index in [2.05, 4.69) is 22.3 Å². The van der Waals surface area contributed by atoms with Crippen LogP contribution in [-0.4, -0.2) is 27.4 Å². The fraction of sp³-hybridized carbons (Fsp3) is 0.429. The smallest absolute Gasteiger partial charge is 0.243 e. The van der Waals surface area contributed by atoms with Crippen molar-refractivity contribution in [1.29, 1.82) is 0 Å². The van der Waals surface area contributed by atoms with Crippen LogP contribution in [0.25, 0.3) is 0 Å². The molecule has 1 aliphatic heterocycles. The van der Waals surface area contributed by atoms with E-state index >= 15 is 0 Å². The molecule has 0 amide bonds. The van der Waals surface area contributed by atoms with Gasteiger partial charge in [0.2, 0.25) is 5.89 Å². The van der Waals surface area contributed by atoms with Gasteiger partial charge in [-0.15, -0.1) is 11.8 Å². The van der Waals surface area contributed by atoms with Crippen LogP contribution < -0.4 is 5.73 Å². The highest BCUT2D eigenvalue weighted by Crippen LogP contribution is 2.35. The van der Waals surface area contributed by atoms with Gasteiger partial charge in [0.15, 0.2) is 5.82 Å². The van der Waals surface area contributed by atoms with Crippen molar-refractivity contribution in [1.82, 2.24) is 10.1 Å². The van der Waals surface area contributed by atoms with Gasteiger partial charge in [0.25, 0.3) is 0 Å². The molecular weight excluding hydrogens is 290 g/mol. The summed E-state index contributed by atoms with van der Waals surface area (Å²) < 4.78 is 5.34. The molecule has 2 unspecified atom stereocenters. The lowest BCUT2D eigenvalue weighted by Crippen LogP contribution is -2.14. The van der Waals surface area contributed by atoms with Crippen molar-refractivity contribution in [3.05, 3.63) is 47.6 Å². The summed E-state index contributed by atoms with van der Waals surface area (Å²) in [5.41, 5.74) is 7.34. The van der Waals surface area contributed by atoms with E-state index in [1.807, 2.05) is 41.7 Å². The lowest BCUT2D eigenvalue weighted by atomic mass is 10.1. The molecule has 0 radical (unpaired) electrons. The van der Waals surface area contributed by atoms with Gasteiger partial charge in [0.1, 0.15) is 0 Å². The molecule has 106 valence electrons. The van der Waals surface area contributed by atoms with Gasteiger partial charge >= 0.3 is 0 Å². The quantitative estimate of drug-likeness (QED) is 0.937. The molecule has 0 spiro atoms. The number of nitrogens with zero attached hydrogens (tertiary/aromatic N) is 2. The molecule has 1 aliphatic rings. The van der Waals surface area contributed by atoms with E-state index in [1.165, 1.54) is 11.3 Å². The minimum Gasteiger partial charge on any atom is -0.338 e. The van der Waals surface area contributed by atoms with Crippen molar-refractivity contribution in [2.24, 2.45) is 5.73 Å². The van der Waals surface area contributed by atoms with Crippen molar-refractivity contribution in [3.63, 3.8) is 0 Å². The topological polar surface area (TPSA) is 64.9 Å². The Morgan fingerprint density at radius 1 is 1.30 bits per heavy atom. The van der Waals surface area contributed by atoms with Crippen LogP contribution >= 0.6 is 23.5 Å². The first-order valence-corrected chi connectivity index (χ1v) is 8.85. The number of rotatable bonds is 4. The van der Waals surface area contributed by atoms with Gasteiger partial charge < -0.3 is 10.3 Å². The van der Waals surface area contributed by atoms with Crippen LogP contribution in [0, 0.1) is 0 Å². The van der Waals surface area contributed by atoms with Crippen LogP contribution in [0.5, 0.6) is 0 Å². The highest BCUT2D eigenvalue weighted by Gasteiger charge is 2.23. The normalized spacial score (nSPS) is 20.8. The van der Waals surface area contributed by atoms with E-state index in [0.29, 0.717) is 11.1 Å². The number of benzene rings is 1. The summed E-state index contributed by atoms with van der Waals surface area (Å²) >= 11 is 3.84. The molecule has 6 heteroatoms. The summed E-state index contributed by atoms with van der Waals surface area (Å²) in [5, 5.41) is 4.45. The molecule has 4 nitrogen and oxygen atoms in total. The maximum Gasteiger partial charge on any atom is 0.243 e. The zero-order valence-electron chi connectivity index (χ0n) is 11.1. The number of nitrogens with two attached hydrogens (primary N) is 1. The third-order valence-electron chi connectivity index (χ3n) is 3.18. The molecule has 3 rings (SSSR count). The predicted molar refractivity (Wildman–Crippen MR) is 83.9 cm³/mol. The molecule has 2 N–H and O–H groups in total. The van der Waals surface area contributed by atoms with E-state index in [-0.39, 0.29) is 6.04 Å². The highest BCUT2D eigenvalue weighted by molar-refractivity contribution is 8.06.